The highest BCUT2D eigenvalue weighted by atomic mass is 16.3. The number of hydrogen-bond acceptors (Lipinski definition) is 2. The van der Waals surface area contributed by atoms with Crippen LogP contribution in [0.1, 0.15) is 33.6 Å². The Kier molecular flexibility index (Phi) is 2.50. The standard InChI is InChI=1S/C10H21NO/c1-4-10(8(2)3)5-9(10,6-11)7-12/h8,12H,4-7,11H2,1-3H3. The highest BCUT2D eigenvalue weighted by Crippen LogP contribution is 2.68. The molecule has 2 nitrogen and oxygen atoms in total. The van der Waals surface area contributed by atoms with E-state index >= 15 is 0 Å². The third-order valence-corrected chi connectivity index (χ3v) is 4.01. The maximum Gasteiger partial charge on any atom is 0.0505 e. The Morgan fingerprint density at radius 3 is 2.17 bits per heavy atom. The summed E-state index contributed by atoms with van der Waals surface area (Å²) in [6.45, 7) is 7.56. The Labute approximate surface area is 75.2 Å². The van der Waals surface area contributed by atoms with Crippen LogP contribution in [-0.4, -0.2) is 18.3 Å². The van der Waals surface area contributed by atoms with Crippen LogP contribution in [0.4, 0.5) is 0 Å². The maximum absolute atomic E-state index is 9.29. The van der Waals surface area contributed by atoms with Crippen molar-refractivity contribution in [2.45, 2.75) is 33.6 Å². The van der Waals surface area contributed by atoms with Gasteiger partial charge in [-0.05, 0) is 24.2 Å². The Morgan fingerprint density at radius 1 is 1.50 bits per heavy atom. The predicted octanol–water partition coefficient (Wildman–Crippen LogP) is 1.38. The molecule has 0 radical (unpaired) electrons. The molecule has 0 heterocycles. The topological polar surface area (TPSA) is 46.2 Å². The quantitative estimate of drug-likeness (QED) is 0.671. The van der Waals surface area contributed by atoms with E-state index in [1.165, 1.54) is 0 Å². The molecule has 1 aliphatic rings. The van der Waals surface area contributed by atoms with Crippen LogP contribution < -0.4 is 5.73 Å². The first-order valence-electron chi connectivity index (χ1n) is 4.89. The van der Waals surface area contributed by atoms with E-state index < -0.39 is 0 Å². The lowest BCUT2D eigenvalue weighted by Gasteiger charge is -2.25. The van der Waals surface area contributed by atoms with E-state index in [2.05, 4.69) is 20.8 Å². The SMILES string of the molecule is CCC1(C(C)C)CC1(CN)CO. The van der Waals surface area contributed by atoms with E-state index in [-0.39, 0.29) is 12.0 Å². The highest BCUT2D eigenvalue weighted by molar-refractivity contribution is 5.15. The maximum atomic E-state index is 9.29. The number of rotatable bonds is 4. The van der Waals surface area contributed by atoms with Crippen molar-refractivity contribution in [3.63, 3.8) is 0 Å². The van der Waals surface area contributed by atoms with Crippen LogP contribution in [-0.2, 0) is 0 Å². The van der Waals surface area contributed by atoms with Gasteiger partial charge < -0.3 is 10.8 Å². The van der Waals surface area contributed by atoms with E-state index in [1.807, 2.05) is 0 Å². The average Bonchev–Trinajstić information content (AvgIpc) is 2.75. The molecule has 0 aliphatic heterocycles. The van der Waals surface area contributed by atoms with Crippen LogP contribution in [0.5, 0.6) is 0 Å². The van der Waals surface area contributed by atoms with Gasteiger partial charge in [-0.3, -0.25) is 0 Å². The fraction of sp³-hybridized carbons (Fsp3) is 1.00. The minimum atomic E-state index is 0.0515. The van der Waals surface area contributed by atoms with Crippen molar-refractivity contribution in [2.75, 3.05) is 13.2 Å². The predicted molar refractivity (Wildman–Crippen MR) is 50.8 cm³/mol. The van der Waals surface area contributed by atoms with E-state index in [1.54, 1.807) is 0 Å². The van der Waals surface area contributed by atoms with E-state index in [4.69, 9.17) is 5.73 Å². The van der Waals surface area contributed by atoms with Crippen molar-refractivity contribution in [1.29, 1.82) is 0 Å². The molecular formula is C10H21NO. The molecule has 2 unspecified atom stereocenters. The zero-order valence-electron chi connectivity index (χ0n) is 8.43. The van der Waals surface area contributed by atoms with Crippen molar-refractivity contribution in [1.82, 2.24) is 0 Å². The van der Waals surface area contributed by atoms with Gasteiger partial charge in [0.25, 0.3) is 0 Å². The Bertz CT molecular complexity index is 163. The summed E-state index contributed by atoms with van der Waals surface area (Å²) in [7, 11) is 0. The number of aliphatic hydroxyl groups is 1. The minimum Gasteiger partial charge on any atom is -0.396 e. The summed E-state index contributed by atoms with van der Waals surface area (Å²) >= 11 is 0. The largest absolute Gasteiger partial charge is 0.396 e. The number of hydrogen-bond donors (Lipinski definition) is 2. The zero-order chi connectivity index (χ0) is 9.41. The molecule has 0 amide bonds. The summed E-state index contributed by atoms with van der Waals surface area (Å²) < 4.78 is 0. The second-order valence-electron chi connectivity index (χ2n) is 4.48. The molecular weight excluding hydrogens is 150 g/mol. The fourth-order valence-corrected chi connectivity index (χ4v) is 2.84. The molecule has 0 aromatic rings. The van der Waals surface area contributed by atoms with Gasteiger partial charge in [0, 0.05) is 12.0 Å². The van der Waals surface area contributed by atoms with Crippen LogP contribution in [0.25, 0.3) is 0 Å². The zero-order valence-corrected chi connectivity index (χ0v) is 8.43. The van der Waals surface area contributed by atoms with Gasteiger partial charge in [-0.2, -0.15) is 0 Å². The van der Waals surface area contributed by atoms with Crippen molar-refractivity contribution in [2.24, 2.45) is 22.5 Å². The number of nitrogens with two attached hydrogens (primary N) is 1. The Morgan fingerprint density at radius 2 is 2.08 bits per heavy atom. The summed E-state index contributed by atoms with van der Waals surface area (Å²) in [6, 6.07) is 0. The first-order chi connectivity index (χ1) is 5.58. The van der Waals surface area contributed by atoms with Gasteiger partial charge in [-0.25, -0.2) is 0 Å². The van der Waals surface area contributed by atoms with Crippen LogP contribution >= 0.6 is 0 Å². The normalized spacial score (nSPS) is 40.5. The third-order valence-electron chi connectivity index (χ3n) is 4.01. The average molecular weight is 171 g/mol. The Hall–Kier alpha value is -0.0800. The first-order valence-corrected chi connectivity index (χ1v) is 4.89. The van der Waals surface area contributed by atoms with Crippen molar-refractivity contribution in [3.05, 3.63) is 0 Å². The lowest BCUT2D eigenvalue weighted by atomic mass is 9.81. The summed E-state index contributed by atoms with van der Waals surface area (Å²) in [5, 5.41) is 9.29. The summed E-state index contributed by atoms with van der Waals surface area (Å²) in [6.07, 6.45) is 2.25. The van der Waals surface area contributed by atoms with Gasteiger partial charge in [-0.15, -0.1) is 0 Å². The van der Waals surface area contributed by atoms with E-state index in [9.17, 15) is 5.11 Å². The summed E-state index contributed by atoms with van der Waals surface area (Å²) in [5.41, 5.74) is 6.09. The third kappa shape index (κ3) is 1.01. The minimum absolute atomic E-state index is 0.0515. The van der Waals surface area contributed by atoms with Crippen molar-refractivity contribution in [3.8, 4) is 0 Å². The molecule has 1 rings (SSSR count). The molecule has 1 aliphatic carbocycles. The summed E-state index contributed by atoms with van der Waals surface area (Å²) in [4.78, 5) is 0. The van der Waals surface area contributed by atoms with Crippen LogP contribution in [0.3, 0.4) is 0 Å². The second kappa shape index (κ2) is 3.00. The van der Waals surface area contributed by atoms with Gasteiger partial charge in [-0.1, -0.05) is 20.8 Å². The monoisotopic (exact) mass is 171 g/mol. The van der Waals surface area contributed by atoms with Crippen LogP contribution in [0.15, 0.2) is 0 Å². The van der Waals surface area contributed by atoms with Crippen LogP contribution in [0, 0.1) is 16.7 Å². The second-order valence-corrected chi connectivity index (χ2v) is 4.48. The van der Waals surface area contributed by atoms with Crippen LogP contribution in [0.2, 0.25) is 0 Å². The molecule has 12 heavy (non-hydrogen) atoms. The number of aliphatic hydroxyl groups excluding tert-OH is 1. The molecule has 2 heteroatoms. The Balaban J connectivity index is 2.76. The lowest BCUT2D eigenvalue weighted by Crippen LogP contribution is -2.29. The highest BCUT2D eigenvalue weighted by Gasteiger charge is 2.65. The van der Waals surface area contributed by atoms with Crippen molar-refractivity contribution < 1.29 is 5.11 Å². The molecule has 0 spiro atoms. The molecule has 2 atom stereocenters. The van der Waals surface area contributed by atoms with Gasteiger partial charge in [0.05, 0.1) is 6.61 Å². The molecule has 1 fully saturated rings. The molecule has 0 aromatic carbocycles. The molecule has 0 aromatic heterocycles. The first kappa shape index (κ1) is 10.0. The van der Waals surface area contributed by atoms with Gasteiger partial charge in [0.2, 0.25) is 0 Å². The fourth-order valence-electron chi connectivity index (χ4n) is 2.84. The molecule has 0 bridgehead atoms. The lowest BCUT2D eigenvalue weighted by molar-refractivity contribution is 0.147. The smallest absolute Gasteiger partial charge is 0.0505 e. The van der Waals surface area contributed by atoms with Crippen molar-refractivity contribution >= 4 is 0 Å². The molecule has 72 valence electrons. The van der Waals surface area contributed by atoms with Gasteiger partial charge in [0.15, 0.2) is 0 Å². The van der Waals surface area contributed by atoms with E-state index in [0.29, 0.717) is 17.9 Å². The van der Waals surface area contributed by atoms with Gasteiger partial charge in [0.1, 0.15) is 0 Å². The molecule has 3 N–H and O–H groups in total. The van der Waals surface area contributed by atoms with E-state index in [0.717, 1.165) is 12.8 Å². The molecule has 0 saturated heterocycles. The molecule has 1 saturated carbocycles. The summed E-state index contributed by atoms with van der Waals surface area (Å²) in [5.74, 6) is 0.637. The van der Waals surface area contributed by atoms with Gasteiger partial charge >= 0.3 is 0 Å².